The zero-order chi connectivity index (χ0) is 19.8. The van der Waals surface area contributed by atoms with Crippen LogP contribution in [0.1, 0.15) is 46.7 Å². The molecule has 0 unspecified atom stereocenters. The lowest BCUT2D eigenvalue weighted by atomic mass is 9.90. The molecule has 0 amide bonds. The molecular weight excluding hydrogens is 391 g/mol. The number of halogens is 2. The van der Waals surface area contributed by atoms with Gasteiger partial charge in [-0.05, 0) is 66.6 Å². The summed E-state index contributed by atoms with van der Waals surface area (Å²) in [6.45, 7) is 3.60. The van der Waals surface area contributed by atoms with Crippen LogP contribution < -0.4 is 0 Å². The van der Waals surface area contributed by atoms with Crippen LogP contribution in [0.5, 0.6) is 0 Å². The Hall–Kier alpha value is -1.99. The highest BCUT2D eigenvalue weighted by atomic mass is 35.5. The summed E-state index contributed by atoms with van der Waals surface area (Å²) in [6, 6.07) is 12.3. The van der Waals surface area contributed by atoms with E-state index < -0.39 is 0 Å². The van der Waals surface area contributed by atoms with Gasteiger partial charge in [-0.3, -0.25) is 0 Å². The Morgan fingerprint density at radius 1 is 1.18 bits per heavy atom. The normalized spacial score (nSPS) is 15.1. The molecule has 1 aliphatic rings. The van der Waals surface area contributed by atoms with E-state index in [2.05, 4.69) is 22.8 Å². The average Bonchev–Trinajstić information content (AvgIpc) is 3.02. The maximum absolute atomic E-state index is 9.28. The smallest absolute Gasteiger partial charge is 0.0992 e. The van der Waals surface area contributed by atoms with Gasteiger partial charge >= 0.3 is 0 Å². The lowest BCUT2D eigenvalue weighted by Gasteiger charge is -2.24. The predicted molar refractivity (Wildman–Crippen MR) is 114 cm³/mol. The predicted octanol–water partition coefficient (Wildman–Crippen LogP) is 6.15. The highest BCUT2D eigenvalue weighted by molar-refractivity contribution is 6.36. The van der Waals surface area contributed by atoms with Gasteiger partial charge in [-0.25, -0.2) is 0 Å². The van der Waals surface area contributed by atoms with E-state index in [1.54, 1.807) is 0 Å². The first-order valence-corrected chi connectivity index (χ1v) is 10.3. The summed E-state index contributed by atoms with van der Waals surface area (Å²) in [5, 5.41) is 11.9. The zero-order valence-corrected chi connectivity index (χ0v) is 17.6. The van der Waals surface area contributed by atoms with Gasteiger partial charge in [0.25, 0.3) is 0 Å². The molecule has 0 atom stereocenters. The fraction of sp³-hybridized carbons (Fsp3) is 0.348. The van der Waals surface area contributed by atoms with Gasteiger partial charge < -0.3 is 9.30 Å². The Bertz CT molecular complexity index is 1090. The fourth-order valence-electron chi connectivity index (χ4n) is 4.18. The number of fused-ring (bicyclic) bond motifs is 1. The van der Waals surface area contributed by atoms with Gasteiger partial charge in [0.2, 0.25) is 0 Å². The topological polar surface area (TPSA) is 37.9 Å². The average molecular weight is 413 g/mol. The zero-order valence-electron chi connectivity index (χ0n) is 16.1. The number of benzene rings is 2. The van der Waals surface area contributed by atoms with E-state index in [0.717, 1.165) is 58.8 Å². The van der Waals surface area contributed by atoms with E-state index in [4.69, 9.17) is 27.9 Å². The first-order valence-electron chi connectivity index (χ1n) is 9.53. The third kappa shape index (κ3) is 3.42. The highest BCUT2D eigenvalue weighted by Crippen LogP contribution is 2.38. The van der Waals surface area contributed by atoms with Crippen LogP contribution in [0.2, 0.25) is 10.0 Å². The third-order valence-corrected chi connectivity index (χ3v) is 6.63. The van der Waals surface area contributed by atoms with Crippen molar-refractivity contribution in [2.75, 3.05) is 13.2 Å². The molecule has 1 aromatic heterocycles. The molecule has 0 radical (unpaired) electrons. The van der Waals surface area contributed by atoms with E-state index in [1.165, 1.54) is 5.56 Å². The van der Waals surface area contributed by atoms with Gasteiger partial charge in [-0.15, -0.1) is 0 Å². The maximum atomic E-state index is 9.28. The van der Waals surface area contributed by atoms with E-state index in [-0.39, 0.29) is 0 Å². The van der Waals surface area contributed by atoms with E-state index >= 15 is 0 Å². The van der Waals surface area contributed by atoms with Crippen molar-refractivity contribution in [2.24, 2.45) is 7.05 Å². The summed E-state index contributed by atoms with van der Waals surface area (Å²) in [4.78, 5) is 0. The molecule has 2 heterocycles. The molecule has 4 rings (SSSR count). The fourth-order valence-corrected chi connectivity index (χ4v) is 4.84. The van der Waals surface area contributed by atoms with Gasteiger partial charge in [0.1, 0.15) is 0 Å². The molecule has 28 heavy (non-hydrogen) atoms. The van der Waals surface area contributed by atoms with Gasteiger partial charge in [0.15, 0.2) is 0 Å². The van der Waals surface area contributed by atoms with Crippen molar-refractivity contribution in [3.63, 3.8) is 0 Å². The molecule has 0 bridgehead atoms. The van der Waals surface area contributed by atoms with Crippen LogP contribution >= 0.6 is 23.2 Å². The highest BCUT2D eigenvalue weighted by Gasteiger charge is 2.22. The van der Waals surface area contributed by atoms with Crippen LogP contribution in [0.3, 0.4) is 0 Å². The molecule has 0 aliphatic carbocycles. The Balaban J connectivity index is 1.76. The molecule has 144 valence electrons. The van der Waals surface area contributed by atoms with E-state index in [9.17, 15) is 5.26 Å². The number of hydrogen-bond acceptors (Lipinski definition) is 2. The molecular formula is C23H22Cl2N2O. The van der Waals surface area contributed by atoms with Crippen LogP contribution in [0.25, 0.3) is 10.9 Å². The van der Waals surface area contributed by atoms with Gasteiger partial charge in [-0.2, -0.15) is 5.26 Å². The minimum Gasteiger partial charge on any atom is -0.381 e. The SMILES string of the molecule is Cc1cc(C#N)cc2c1cc(Cc1c(Cl)ccc(C3CCOCC3)c1Cl)n2C. The Labute approximate surface area is 175 Å². The molecule has 0 saturated carbocycles. The molecule has 1 fully saturated rings. The summed E-state index contributed by atoms with van der Waals surface area (Å²) >= 11 is 13.4. The number of ether oxygens (including phenoxy) is 1. The summed E-state index contributed by atoms with van der Waals surface area (Å²) < 4.78 is 7.63. The number of aryl methyl sites for hydroxylation is 2. The third-order valence-electron chi connectivity index (χ3n) is 5.83. The molecule has 0 N–H and O–H groups in total. The van der Waals surface area contributed by atoms with Gasteiger partial charge in [-0.1, -0.05) is 29.3 Å². The standard InChI is InChI=1S/C23H22Cl2N2O/c1-14-9-15(13-26)10-22-19(14)11-17(27(22)2)12-20-21(24)4-3-18(23(20)25)16-5-7-28-8-6-16/h3-4,9-11,16H,5-8,12H2,1-2H3. The lowest BCUT2D eigenvalue weighted by Crippen LogP contribution is -2.15. The number of nitriles is 1. The van der Waals surface area contributed by atoms with Crippen LogP contribution in [0, 0.1) is 18.3 Å². The molecule has 3 nitrogen and oxygen atoms in total. The van der Waals surface area contributed by atoms with Crippen molar-refractivity contribution in [3.8, 4) is 6.07 Å². The summed E-state index contributed by atoms with van der Waals surface area (Å²) in [5.41, 5.74) is 6.10. The quantitative estimate of drug-likeness (QED) is 0.517. The number of hydrogen-bond donors (Lipinski definition) is 0. The summed E-state index contributed by atoms with van der Waals surface area (Å²) in [5.74, 6) is 0.421. The van der Waals surface area contributed by atoms with Crippen molar-refractivity contribution < 1.29 is 4.74 Å². The molecule has 3 aromatic rings. The maximum Gasteiger partial charge on any atom is 0.0992 e. The van der Waals surface area contributed by atoms with Gasteiger partial charge in [0.05, 0.1) is 11.6 Å². The monoisotopic (exact) mass is 412 g/mol. The molecule has 5 heteroatoms. The second-order valence-corrected chi connectivity index (χ2v) is 8.31. The Morgan fingerprint density at radius 2 is 1.93 bits per heavy atom. The number of rotatable bonds is 3. The minimum absolute atomic E-state index is 0.421. The number of aromatic nitrogens is 1. The Morgan fingerprint density at radius 3 is 2.64 bits per heavy atom. The van der Waals surface area contributed by atoms with Crippen LogP contribution in [-0.4, -0.2) is 17.8 Å². The van der Waals surface area contributed by atoms with Crippen LogP contribution in [-0.2, 0) is 18.2 Å². The van der Waals surface area contributed by atoms with E-state index in [1.807, 2.05) is 32.2 Å². The van der Waals surface area contributed by atoms with Crippen molar-refractivity contribution in [2.45, 2.75) is 32.1 Å². The molecule has 1 saturated heterocycles. The van der Waals surface area contributed by atoms with Crippen LogP contribution in [0.15, 0.2) is 30.3 Å². The lowest BCUT2D eigenvalue weighted by molar-refractivity contribution is 0.0853. The largest absolute Gasteiger partial charge is 0.381 e. The second-order valence-electron chi connectivity index (χ2n) is 7.53. The van der Waals surface area contributed by atoms with Crippen LogP contribution in [0.4, 0.5) is 0 Å². The first kappa shape index (κ1) is 19.3. The van der Waals surface area contributed by atoms with Crippen molar-refractivity contribution in [1.82, 2.24) is 4.57 Å². The van der Waals surface area contributed by atoms with E-state index in [0.29, 0.717) is 22.9 Å². The summed E-state index contributed by atoms with van der Waals surface area (Å²) in [6.07, 6.45) is 2.64. The van der Waals surface area contributed by atoms with Crippen molar-refractivity contribution in [1.29, 1.82) is 5.26 Å². The molecule has 0 spiro atoms. The molecule has 1 aliphatic heterocycles. The van der Waals surface area contributed by atoms with Gasteiger partial charge in [0, 0.05) is 53.3 Å². The summed E-state index contributed by atoms with van der Waals surface area (Å²) in [7, 11) is 2.03. The number of nitrogens with zero attached hydrogens (tertiary/aromatic N) is 2. The first-order chi connectivity index (χ1) is 13.5. The second kappa shape index (κ2) is 7.79. The van der Waals surface area contributed by atoms with Crippen molar-refractivity contribution >= 4 is 34.1 Å². The molecule has 2 aromatic carbocycles. The minimum atomic E-state index is 0.421. The van der Waals surface area contributed by atoms with Crippen molar-refractivity contribution in [3.05, 3.63) is 68.3 Å². The Kier molecular flexibility index (Phi) is 5.38.